The van der Waals surface area contributed by atoms with E-state index < -0.39 is 10.0 Å². The summed E-state index contributed by atoms with van der Waals surface area (Å²) in [5.41, 5.74) is 1.67. The monoisotopic (exact) mass is 419 g/mol. The third-order valence-electron chi connectivity index (χ3n) is 4.57. The zero-order valence-electron chi connectivity index (χ0n) is 15.7. The van der Waals surface area contributed by atoms with E-state index in [2.05, 4.69) is 10.3 Å². The van der Waals surface area contributed by atoms with Crippen LogP contribution in [0.5, 0.6) is 0 Å². The third kappa shape index (κ3) is 5.80. The zero-order chi connectivity index (χ0) is 19.8. The molecule has 1 saturated heterocycles. The lowest BCUT2D eigenvalue weighted by Crippen LogP contribution is -2.31. The van der Waals surface area contributed by atoms with Gasteiger partial charge in [-0.15, -0.1) is 11.8 Å². The SMILES string of the molecule is O=C(CSCc1cccnc1)Nc1ccc(S(=O)(=O)N2CCCCCC2)cc1. The Morgan fingerprint density at radius 3 is 2.43 bits per heavy atom. The van der Waals surface area contributed by atoms with Crippen LogP contribution in [0.2, 0.25) is 0 Å². The lowest BCUT2D eigenvalue weighted by atomic mass is 10.2. The number of nitrogens with one attached hydrogen (secondary N) is 1. The fourth-order valence-electron chi connectivity index (χ4n) is 3.08. The zero-order valence-corrected chi connectivity index (χ0v) is 17.3. The Kier molecular flexibility index (Phi) is 7.47. The minimum absolute atomic E-state index is 0.114. The second-order valence-electron chi connectivity index (χ2n) is 6.74. The maximum Gasteiger partial charge on any atom is 0.243 e. The number of rotatable bonds is 7. The van der Waals surface area contributed by atoms with Gasteiger partial charge in [-0.3, -0.25) is 9.78 Å². The molecule has 1 aromatic carbocycles. The van der Waals surface area contributed by atoms with Crippen molar-refractivity contribution in [1.29, 1.82) is 0 Å². The number of anilines is 1. The molecule has 0 saturated carbocycles. The number of hydrogen-bond acceptors (Lipinski definition) is 5. The number of amides is 1. The van der Waals surface area contributed by atoms with Crippen LogP contribution < -0.4 is 5.32 Å². The first-order chi connectivity index (χ1) is 13.6. The molecule has 0 radical (unpaired) electrons. The molecule has 28 heavy (non-hydrogen) atoms. The normalized spacial score (nSPS) is 15.7. The highest BCUT2D eigenvalue weighted by Gasteiger charge is 2.24. The van der Waals surface area contributed by atoms with E-state index in [1.807, 2.05) is 12.1 Å². The average molecular weight is 420 g/mol. The highest BCUT2D eigenvalue weighted by atomic mass is 32.2. The van der Waals surface area contributed by atoms with E-state index in [1.54, 1.807) is 41.0 Å². The number of sulfonamides is 1. The number of carbonyl (C=O) groups is 1. The molecule has 1 aliphatic rings. The Morgan fingerprint density at radius 2 is 1.79 bits per heavy atom. The summed E-state index contributed by atoms with van der Waals surface area (Å²) in [5, 5.41) is 2.81. The number of thioether (sulfide) groups is 1. The van der Waals surface area contributed by atoms with Gasteiger partial charge in [0.2, 0.25) is 15.9 Å². The second-order valence-corrected chi connectivity index (χ2v) is 9.67. The molecule has 0 bridgehead atoms. The third-order valence-corrected chi connectivity index (χ3v) is 7.48. The molecule has 1 aromatic heterocycles. The first kappa shape index (κ1) is 20.8. The standard InChI is InChI=1S/C20H25N3O3S2/c24-20(16-27-15-17-6-5-11-21-14-17)22-18-7-9-19(10-8-18)28(25,26)23-12-3-1-2-4-13-23/h5-11,14H,1-4,12-13,15-16H2,(H,22,24). The molecule has 1 N–H and O–H groups in total. The molecule has 150 valence electrons. The summed E-state index contributed by atoms with van der Waals surface area (Å²) in [6, 6.07) is 10.3. The van der Waals surface area contributed by atoms with Crippen LogP contribution in [-0.2, 0) is 20.6 Å². The van der Waals surface area contributed by atoms with Crippen molar-refractivity contribution in [3.63, 3.8) is 0 Å². The Hall–Kier alpha value is -1.90. The molecule has 1 aliphatic heterocycles. The van der Waals surface area contributed by atoms with Gasteiger partial charge >= 0.3 is 0 Å². The summed E-state index contributed by atoms with van der Waals surface area (Å²) in [6.07, 6.45) is 7.48. The van der Waals surface area contributed by atoms with Gasteiger partial charge in [-0.05, 0) is 48.7 Å². The average Bonchev–Trinajstić information content (AvgIpc) is 2.99. The number of nitrogens with zero attached hydrogens (tertiary/aromatic N) is 2. The van der Waals surface area contributed by atoms with Crippen molar-refractivity contribution in [2.45, 2.75) is 36.3 Å². The van der Waals surface area contributed by atoms with Gasteiger partial charge in [-0.2, -0.15) is 4.31 Å². The summed E-state index contributed by atoms with van der Waals surface area (Å²) in [5.74, 6) is 0.925. The predicted octanol–water partition coefficient (Wildman–Crippen LogP) is 3.52. The van der Waals surface area contributed by atoms with Crippen LogP contribution in [-0.4, -0.2) is 42.5 Å². The molecule has 2 aromatic rings. The molecule has 6 nitrogen and oxygen atoms in total. The van der Waals surface area contributed by atoms with E-state index in [4.69, 9.17) is 0 Å². The van der Waals surface area contributed by atoms with E-state index in [9.17, 15) is 13.2 Å². The van der Waals surface area contributed by atoms with Gasteiger partial charge in [0.05, 0.1) is 10.6 Å². The lowest BCUT2D eigenvalue weighted by Gasteiger charge is -2.20. The number of hydrogen-bond donors (Lipinski definition) is 1. The lowest BCUT2D eigenvalue weighted by molar-refractivity contribution is -0.113. The Balaban J connectivity index is 1.52. The van der Waals surface area contributed by atoms with Gasteiger partial charge in [-0.25, -0.2) is 8.42 Å². The van der Waals surface area contributed by atoms with Crippen LogP contribution in [0.15, 0.2) is 53.7 Å². The van der Waals surface area contributed by atoms with E-state index in [-0.39, 0.29) is 10.8 Å². The van der Waals surface area contributed by atoms with Gasteiger partial charge < -0.3 is 5.32 Å². The quantitative estimate of drug-likeness (QED) is 0.743. The first-order valence-electron chi connectivity index (χ1n) is 9.42. The summed E-state index contributed by atoms with van der Waals surface area (Å²) in [7, 11) is -3.46. The van der Waals surface area contributed by atoms with Crippen LogP contribution >= 0.6 is 11.8 Å². The number of pyridine rings is 1. The van der Waals surface area contributed by atoms with E-state index in [0.29, 0.717) is 30.3 Å². The maximum atomic E-state index is 12.8. The molecule has 2 heterocycles. The van der Waals surface area contributed by atoms with E-state index in [0.717, 1.165) is 31.2 Å². The number of carbonyl (C=O) groups excluding carboxylic acids is 1. The molecule has 0 atom stereocenters. The molecule has 8 heteroatoms. The topological polar surface area (TPSA) is 79.4 Å². The highest BCUT2D eigenvalue weighted by molar-refractivity contribution is 7.99. The number of aromatic nitrogens is 1. The number of benzene rings is 1. The Labute approximate surface area is 170 Å². The summed E-state index contributed by atoms with van der Waals surface area (Å²) in [6.45, 7) is 1.16. The Morgan fingerprint density at radius 1 is 1.07 bits per heavy atom. The van der Waals surface area contributed by atoms with Crippen molar-refractivity contribution in [3.05, 3.63) is 54.4 Å². The summed E-state index contributed by atoms with van der Waals surface area (Å²) < 4.78 is 27.1. The van der Waals surface area contributed by atoms with Crippen molar-refractivity contribution in [2.75, 3.05) is 24.2 Å². The molecular formula is C20H25N3O3S2. The van der Waals surface area contributed by atoms with Gasteiger partial charge in [0.1, 0.15) is 0 Å². The van der Waals surface area contributed by atoms with Crippen molar-refractivity contribution >= 4 is 33.4 Å². The molecule has 3 rings (SSSR count). The molecule has 0 spiro atoms. The van der Waals surface area contributed by atoms with Crippen LogP contribution in [0.1, 0.15) is 31.2 Å². The summed E-state index contributed by atoms with van der Waals surface area (Å²) >= 11 is 1.51. The molecule has 1 fully saturated rings. The predicted molar refractivity (Wildman–Crippen MR) is 113 cm³/mol. The van der Waals surface area contributed by atoms with Gasteiger partial charge in [0.25, 0.3) is 0 Å². The maximum absolute atomic E-state index is 12.8. The molecule has 1 amide bonds. The van der Waals surface area contributed by atoms with E-state index in [1.165, 1.54) is 11.8 Å². The second kappa shape index (κ2) is 10.0. The molecule has 0 unspecified atom stereocenters. The minimum atomic E-state index is -3.46. The van der Waals surface area contributed by atoms with Gasteiger partial charge in [-0.1, -0.05) is 18.9 Å². The van der Waals surface area contributed by atoms with Crippen molar-refractivity contribution < 1.29 is 13.2 Å². The van der Waals surface area contributed by atoms with Crippen LogP contribution in [0, 0.1) is 0 Å². The van der Waals surface area contributed by atoms with Crippen LogP contribution in [0.4, 0.5) is 5.69 Å². The van der Waals surface area contributed by atoms with Crippen LogP contribution in [0.3, 0.4) is 0 Å². The summed E-state index contributed by atoms with van der Waals surface area (Å²) in [4.78, 5) is 16.4. The largest absolute Gasteiger partial charge is 0.325 e. The fourth-order valence-corrected chi connectivity index (χ4v) is 5.37. The highest BCUT2D eigenvalue weighted by Crippen LogP contribution is 2.22. The molecular weight excluding hydrogens is 394 g/mol. The first-order valence-corrected chi connectivity index (χ1v) is 12.0. The van der Waals surface area contributed by atoms with Crippen molar-refractivity contribution in [2.24, 2.45) is 0 Å². The van der Waals surface area contributed by atoms with Crippen LogP contribution in [0.25, 0.3) is 0 Å². The fraction of sp³-hybridized carbons (Fsp3) is 0.400. The Bertz CT molecular complexity index is 863. The van der Waals surface area contributed by atoms with Crippen molar-refractivity contribution in [1.82, 2.24) is 9.29 Å². The molecule has 0 aliphatic carbocycles. The van der Waals surface area contributed by atoms with Gasteiger partial charge in [0.15, 0.2) is 0 Å². The van der Waals surface area contributed by atoms with Crippen molar-refractivity contribution in [3.8, 4) is 0 Å². The smallest absolute Gasteiger partial charge is 0.243 e. The van der Waals surface area contributed by atoms with E-state index >= 15 is 0 Å². The minimum Gasteiger partial charge on any atom is -0.325 e. The van der Waals surface area contributed by atoms with Gasteiger partial charge in [0, 0.05) is 36.9 Å².